The topological polar surface area (TPSA) is 65.1 Å². The van der Waals surface area contributed by atoms with Gasteiger partial charge in [-0.25, -0.2) is 23.9 Å². The van der Waals surface area contributed by atoms with E-state index < -0.39 is 5.41 Å². The summed E-state index contributed by atoms with van der Waals surface area (Å²) in [6, 6.07) is 56.6. The summed E-state index contributed by atoms with van der Waals surface area (Å²) < 4.78 is 3.70. The fourth-order valence-electron chi connectivity index (χ4n) is 9.25. The van der Waals surface area contributed by atoms with Gasteiger partial charge in [0.2, 0.25) is 11.7 Å². The van der Waals surface area contributed by atoms with E-state index in [4.69, 9.17) is 15.0 Å². The smallest absolute Gasteiger partial charge is 0.267 e. The van der Waals surface area contributed by atoms with Gasteiger partial charge in [-0.1, -0.05) is 133 Å². The molecular weight excluding hydrogens is 651 g/mol. The van der Waals surface area contributed by atoms with Gasteiger partial charge < -0.3 is 0 Å². The van der Waals surface area contributed by atoms with Gasteiger partial charge in [0, 0.05) is 10.9 Å². The van der Waals surface area contributed by atoms with Gasteiger partial charge in [-0.05, 0) is 74.8 Å². The molecule has 0 amide bonds. The van der Waals surface area contributed by atoms with Gasteiger partial charge in [0.25, 0.3) is 5.56 Å². The summed E-state index contributed by atoms with van der Waals surface area (Å²) in [5.41, 5.74) is 13.9. The predicted molar refractivity (Wildman–Crippen MR) is 211 cm³/mol. The molecule has 0 aliphatic heterocycles. The van der Waals surface area contributed by atoms with Crippen molar-refractivity contribution >= 4 is 38.6 Å². The van der Waals surface area contributed by atoms with E-state index in [0.29, 0.717) is 22.6 Å². The van der Waals surface area contributed by atoms with Crippen LogP contribution in [-0.4, -0.2) is 23.9 Å². The van der Waals surface area contributed by atoms with Crippen molar-refractivity contribution in [2.75, 3.05) is 0 Å². The minimum atomic E-state index is -0.518. The number of para-hydroxylation sites is 2. The molecule has 0 saturated heterocycles. The Labute approximate surface area is 302 Å². The molecule has 12 rings (SSSR count). The van der Waals surface area contributed by atoms with Crippen LogP contribution in [0.15, 0.2) is 169 Å². The fourth-order valence-corrected chi connectivity index (χ4v) is 9.25. The zero-order chi connectivity index (χ0) is 34.8. The van der Waals surface area contributed by atoms with E-state index in [0.717, 1.165) is 44.3 Å². The molecule has 2 aliphatic rings. The molecular formula is C47H27N5O. The molecule has 10 aromatic rings. The standard InChI is InChI=1S/C47H27N5O/c53-44-33-20-8-13-25-41(33)52(45-48-39-24-12-7-19-32(39)43(50-45)28-14-2-1-3-15-28)46-49-40-27-38-34(26-42(40)51(44)46)31-18-6-11-23-37(31)47(38)35-21-9-4-16-29(35)30-17-5-10-22-36(30)47/h1-27H. The molecule has 53 heavy (non-hydrogen) atoms. The zero-order valence-electron chi connectivity index (χ0n) is 28.2. The Hall–Kier alpha value is -7.18. The third kappa shape index (κ3) is 3.57. The van der Waals surface area contributed by atoms with Crippen molar-refractivity contribution in [3.63, 3.8) is 0 Å². The molecule has 2 aliphatic carbocycles. The highest BCUT2D eigenvalue weighted by Gasteiger charge is 2.51. The van der Waals surface area contributed by atoms with Gasteiger partial charge in [0.15, 0.2) is 0 Å². The van der Waals surface area contributed by atoms with Gasteiger partial charge in [-0.15, -0.1) is 0 Å². The quantitative estimate of drug-likeness (QED) is 0.183. The minimum Gasteiger partial charge on any atom is -0.268 e. The van der Waals surface area contributed by atoms with Crippen molar-refractivity contribution in [2.24, 2.45) is 0 Å². The van der Waals surface area contributed by atoms with E-state index >= 15 is 0 Å². The van der Waals surface area contributed by atoms with Gasteiger partial charge in [-0.3, -0.25) is 4.79 Å². The van der Waals surface area contributed by atoms with Crippen LogP contribution in [0.3, 0.4) is 0 Å². The van der Waals surface area contributed by atoms with Gasteiger partial charge >= 0.3 is 0 Å². The van der Waals surface area contributed by atoms with Gasteiger partial charge in [0.05, 0.1) is 38.6 Å². The Kier molecular flexibility index (Phi) is 5.49. The third-order valence-corrected chi connectivity index (χ3v) is 11.4. The van der Waals surface area contributed by atoms with Crippen LogP contribution in [0, 0.1) is 0 Å². The summed E-state index contributed by atoms with van der Waals surface area (Å²) in [6.45, 7) is 0. The highest BCUT2D eigenvalue weighted by atomic mass is 16.1. The SMILES string of the molecule is O=c1c2ccccc2n(-c2nc(-c3ccccc3)c3ccccc3n2)c2nc3cc4c(cc3n12)-c1ccccc1C41c2ccccc2-c2ccccc21. The van der Waals surface area contributed by atoms with Gasteiger partial charge in [-0.2, -0.15) is 0 Å². The van der Waals surface area contributed by atoms with E-state index in [1.165, 1.54) is 33.4 Å². The van der Waals surface area contributed by atoms with Crippen LogP contribution in [0.2, 0.25) is 0 Å². The molecule has 6 heteroatoms. The highest BCUT2D eigenvalue weighted by Crippen LogP contribution is 2.63. The first-order valence-electron chi connectivity index (χ1n) is 17.8. The second kappa shape index (κ2) is 10.2. The number of imidazole rings is 1. The molecule has 0 N–H and O–H groups in total. The van der Waals surface area contributed by atoms with E-state index in [1.807, 2.05) is 65.2 Å². The Balaban J connectivity index is 1.22. The van der Waals surface area contributed by atoms with E-state index in [-0.39, 0.29) is 5.56 Å². The van der Waals surface area contributed by atoms with Crippen LogP contribution in [0.25, 0.3) is 78.1 Å². The molecule has 3 aromatic heterocycles. The summed E-state index contributed by atoms with van der Waals surface area (Å²) >= 11 is 0. The Morgan fingerprint density at radius 3 is 1.75 bits per heavy atom. The summed E-state index contributed by atoms with van der Waals surface area (Å²) in [7, 11) is 0. The van der Waals surface area contributed by atoms with E-state index in [9.17, 15) is 4.79 Å². The lowest BCUT2D eigenvalue weighted by Gasteiger charge is -2.30. The van der Waals surface area contributed by atoms with Crippen molar-refractivity contribution < 1.29 is 0 Å². The first-order chi connectivity index (χ1) is 26.2. The molecule has 6 nitrogen and oxygen atoms in total. The summed E-state index contributed by atoms with van der Waals surface area (Å²) in [5.74, 6) is 0.920. The predicted octanol–water partition coefficient (Wildman–Crippen LogP) is 9.75. The summed E-state index contributed by atoms with van der Waals surface area (Å²) in [6.07, 6.45) is 0. The Morgan fingerprint density at radius 1 is 0.453 bits per heavy atom. The van der Waals surface area contributed by atoms with Crippen LogP contribution < -0.4 is 5.56 Å². The molecule has 1 spiro atoms. The normalized spacial score (nSPS) is 13.5. The lowest BCUT2D eigenvalue weighted by Crippen LogP contribution is -2.25. The van der Waals surface area contributed by atoms with E-state index in [2.05, 4.69) is 103 Å². The van der Waals surface area contributed by atoms with Gasteiger partial charge in [0.1, 0.15) is 0 Å². The maximum atomic E-state index is 14.6. The number of fused-ring (bicyclic) bond motifs is 15. The maximum Gasteiger partial charge on any atom is 0.267 e. The Bertz CT molecular complexity index is 3220. The monoisotopic (exact) mass is 677 g/mol. The van der Waals surface area contributed by atoms with Crippen LogP contribution in [0.4, 0.5) is 0 Å². The number of nitrogens with zero attached hydrogens (tertiary/aromatic N) is 5. The largest absolute Gasteiger partial charge is 0.268 e. The molecule has 0 saturated carbocycles. The number of hydrogen-bond acceptors (Lipinski definition) is 4. The number of rotatable bonds is 2. The second-order valence-electron chi connectivity index (χ2n) is 13.9. The summed E-state index contributed by atoms with van der Waals surface area (Å²) in [4.78, 5) is 30.3. The minimum absolute atomic E-state index is 0.129. The lowest BCUT2D eigenvalue weighted by molar-refractivity contribution is 0.794. The number of aromatic nitrogens is 5. The molecule has 0 unspecified atom stereocenters. The third-order valence-electron chi connectivity index (χ3n) is 11.4. The van der Waals surface area contributed by atoms with Crippen molar-refractivity contribution in [2.45, 2.75) is 5.41 Å². The Morgan fingerprint density at radius 2 is 1.04 bits per heavy atom. The fraction of sp³-hybridized carbons (Fsp3) is 0.0213. The van der Waals surface area contributed by atoms with Crippen LogP contribution in [0.5, 0.6) is 0 Å². The molecule has 246 valence electrons. The van der Waals surface area contributed by atoms with Crippen LogP contribution in [0.1, 0.15) is 22.3 Å². The molecule has 0 fully saturated rings. The molecule has 0 radical (unpaired) electrons. The lowest BCUT2D eigenvalue weighted by atomic mass is 9.70. The van der Waals surface area contributed by atoms with E-state index in [1.54, 1.807) is 4.40 Å². The number of hydrogen-bond donors (Lipinski definition) is 0. The van der Waals surface area contributed by atoms with Crippen LogP contribution >= 0.6 is 0 Å². The second-order valence-corrected chi connectivity index (χ2v) is 13.9. The first kappa shape index (κ1) is 28.5. The zero-order valence-corrected chi connectivity index (χ0v) is 28.2. The maximum absolute atomic E-state index is 14.6. The number of benzene rings is 7. The average molecular weight is 678 g/mol. The summed E-state index contributed by atoms with van der Waals surface area (Å²) in [5, 5.41) is 1.52. The molecule has 3 heterocycles. The van der Waals surface area contributed by atoms with Crippen molar-refractivity contribution in [1.82, 2.24) is 23.9 Å². The van der Waals surface area contributed by atoms with Crippen molar-refractivity contribution in [1.29, 1.82) is 0 Å². The molecule has 0 bridgehead atoms. The molecule has 0 atom stereocenters. The van der Waals surface area contributed by atoms with Crippen LogP contribution in [-0.2, 0) is 5.41 Å². The highest BCUT2D eigenvalue weighted by molar-refractivity contribution is 6.00. The molecule has 7 aromatic carbocycles. The van der Waals surface area contributed by atoms with Crippen molar-refractivity contribution in [3.05, 3.63) is 196 Å². The first-order valence-corrected chi connectivity index (χ1v) is 17.8. The average Bonchev–Trinajstić information content (AvgIpc) is 3.84. The van der Waals surface area contributed by atoms with Crippen molar-refractivity contribution in [3.8, 4) is 39.5 Å².